The molecule has 1 N–H and O–H groups in total. The molecule has 1 aromatic rings. The van der Waals surface area contributed by atoms with Crippen LogP contribution in [0.1, 0.15) is 21.0 Å². The summed E-state index contributed by atoms with van der Waals surface area (Å²) in [7, 11) is 5.68. The van der Waals surface area contributed by atoms with Gasteiger partial charge in [-0.25, -0.2) is 0 Å². The van der Waals surface area contributed by atoms with E-state index in [9.17, 15) is 4.79 Å². The standard InChI is InChI=1S/C16H26N2O4S/c1-18(2)7-9-22-14-6-8-21-11-13(14)17-16(19)15-5-4-12(23-15)10-20-3/h4-5,13-14H,6-11H2,1-3H3,(H,17,19)/t13-,14+/m1/s1. The fourth-order valence-electron chi connectivity index (χ4n) is 2.40. The molecule has 1 aliphatic rings. The second-order valence-electron chi connectivity index (χ2n) is 5.86. The van der Waals surface area contributed by atoms with Crippen LogP contribution in [0.2, 0.25) is 0 Å². The first-order valence-corrected chi connectivity index (χ1v) is 8.64. The van der Waals surface area contributed by atoms with Crippen LogP contribution in [-0.4, -0.2) is 70.5 Å². The topological polar surface area (TPSA) is 60.0 Å². The Morgan fingerprint density at radius 1 is 1.48 bits per heavy atom. The lowest BCUT2D eigenvalue weighted by molar-refractivity contribution is -0.0561. The van der Waals surface area contributed by atoms with Crippen molar-refractivity contribution in [1.29, 1.82) is 0 Å². The predicted octanol–water partition coefficient (Wildman–Crippen LogP) is 1.36. The molecule has 1 saturated heterocycles. The normalized spacial score (nSPS) is 21.6. The number of likely N-dealkylation sites (N-methyl/N-ethyl adjacent to an activating group) is 1. The summed E-state index contributed by atoms with van der Waals surface area (Å²) in [6.07, 6.45) is 0.809. The Bertz CT molecular complexity index is 492. The molecule has 0 spiro atoms. The van der Waals surface area contributed by atoms with Gasteiger partial charge in [-0.05, 0) is 32.6 Å². The molecule has 1 aromatic heterocycles. The van der Waals surface area contributed by atoms with Crippen LogP contribution in [0.25, 0.3) is 0 Å². The highest BCUT2D eigenvalue weighted by Crippen LogP contribution is 2.18. The maximum atomic E-state index is 12.4. The van der Waals surface area contributed by atoms with Crippen LogP contribution >= 0.6 is 11.3 Å². The van der Waals surface area contributed by atoms with E-state index in [1.807, 2.05) is 26.2 Å². The van der Waals surface area contributed by atoms with Gasteiger partial charge in [-0.15, -0.1) is 11.3 Å². The third-order valence-electron chi connectivity index (χ3n) is 3.65. The van der Waals surface area contributed by atoms with Gasteiger partial charge in [-0.3, -0.25) is 4.79 Å². The van der Waals surface area contributed by atoms with Crippen LogP contribution in [0.15, 0.2) is 12.1 Å². The molecule has 0 unspecified atom stereocenters. The van der Waals surface area contributed by atoms with Gasteiger partial charge in [-0.2, -0.15) is 0 Å². The SMILES string of the molecule is COCc1ccc(C(=O)N[C@@H]2COCC[C@@H]2OCCN(C)C)s1. The van der Waals surface area contributed by atoms with E-state index >= 15 is 0 Å². The maximum absolute atomic E-state index is 12.4. The molecular formula is C16H26N2O4S. The van der Waals surface area contributed by atoms with Crippen molar-refractivity contribution in [3.05, 3.63) is 21.9 Å². The summed E-state index contributed by atoms with van der Waals surface area (Å²) in [6.45, 7) is 3.22. The van der Waals surface area contributed by atoms with Crippen molar-refractivity contribution in [3.63, 3.8) is 0 Å². The first kappa shape index (κ1) is 18.4. The number of rotatable bonds is 8. The number of carbonyl (C=O) groups excluding carboxylic acids is 1. The van der Waals surface area contributed by atoms with Gasteiger partial charge >= 0.3 is 0 Å². The molecule has 130 valence electrons. The number of hydrogen-bond acceptors (Lipinski definition) is 6. The zero-order valence-electron chi connectivity index (χ0n) is 14.0. The molecule has 0 saturated carbocycles. The molecule has 1 amide bonds. The molecule has 2 heterocycles. The molecule has 7 heteroatoms. The molecule has 2 atom stereocenters. The first-order valence-electron chi connectivity index (χ1n) is 7.82. The average Bonchev–Trinajstić information content (AvgIpc) is 2.98. The summed E-state index contributed by atoms with van der Waals surface area (Å²) in [4.78, 5) is 16.2. The van der Waals surface area contributed by atoms with E-state index in [-0.39, 0.29) is 18.1 Å². The molecule has 2 rings (SSSR count). The van der Waals surface area contributed by atoms with Gasteiger partial charge in [0.2, 0.25) is 0 Å². The van der Waals surface area contributed by atoms with Crippen LogP contribution in [0.4, 0.5) is 0 Å². The summed E-state index contributed by atoms with van der Waals surface area (Å²) >= 11 is 1.45. The van der Waals surface area contributed by atoms with Crippen molar-refractivity contribution in [2.24, 2.45) is 0 Å². The third-order valence-corrected chi connectivity index (χ3v) is 4.71. The van der Waals surface area contributed by atoms with Crippen molar-refractivity contribution in [2.45, 2.75) is 25.2 Å². The molecule has 23 heavy (non-hydrogen) atoms. The van der Waals surface area contributed by atoms with Gasteiger partial charge in [0.1, 0.15) is 0 Å². The fourth-order valence-corrected chi connectivity index (χ4v) is 3.28. The number of nitrogens with one attached hydrogen (secondary N) is 1. The van der Waals surface area contributed by atoms with E-state index in [0.29, 0.717) is 31.3 Å². The van der Waals surface area contributed by atoms with Gasteiger partial charge < -0.3 is 24.4 Å². The summed E-state index contributed by atoms with van der Waals surface area (Å²) in [5.74, 6) is -0.0749. The Labute approximate surface area is 141 Å². The van der Waals surface area contributed by atoms with Crippen molar-refractivity contribution < 1.29 is 19.0 Å². The van der Waals surface area contributed by atoms with Crippen LogP contribution < -0.4 is 5.32 Å². The number of hydrogen-bond donors (Lipinski definition) is 1. The fraction of sp³-hybridized carbons (Fsp3) is 0.688. The van der Waals surface area contributed by atoms with Gasteiger partial charge in [-0.1, -0.05) is 0 Å². The van der Waals surface area contributed by atoms with Crippen molar-refractivity contribution in [1.82, 2.24) is 10.2 Å². The monoisotopic (exact) mass is 342 g/mol. The van der Waals surface area contributed by atoms with E-state index in [1.54, 1.807) is 7.11 Å². The highest BCUT2D eigenvalue weighted by Gasteiger charge is 2.28. The number of nitrogens with zero attached hydrogens (tertiary/aromatic N) is 1. The highest BCUT2D eigenvalue weighted by molar-refractivity contribution is 7.14. The van der Waals surface area contributed by atoms with Crippen molar-refractivity contribution >= 4 is 17.2 Å². The number of ether oxygens (including phenoxy) is 3. The van der Waals surface area contributed by atoms with Crippen LogP contribution in [0.3, 0.4) is 0 Å². The molecule has 0 aromatic carbocycles. The Kier molecular flexibility index (Phi) is 7.45. The van der Waals surface area contributed by atoms with Gasteiger partial charge in [0.25, 0.3) is 5.91 Å². The summed E-state index contributed by atoms with van der Waals surface area (Å²) in [5.41, 5.74) is 0. The lowest BCUT2D eigenvalue weighted by Gasteiger charge is -2.32. The molecular weight excluding hydrogens is 316 g/mol. The number of amides is 1. The Balaban J connectivity index is 1.88. The zero-order valence-corrected chi connectivity index (χ0v) is 14.9. The van der Waals surface area contributed by atoms with E-state index in [0.717, 1.165) is 17.8 Å². The lowest BCUT2D eigenvalue weighted by atomic mass is 10.1. The summed E-state index contributed by atoms with van der Waals surface area (Å²) in [5, 5.41) is 3.05. The van der Waals surface area contributed by atoms with E-state index in [1.165, 1.54) is 11.3 Å². The minimum atomic E-state index is -0.105. The molecule has 0 aliphatic carbocycles. The maximum Gasteiger partial charge on any atom is 0.261 e. The number of carbonyl (C=O) groups is 1. The smallest absolute Gasteiger partial charge is 0.261 e. The Morgan fingerprint density at radius 3 is 3.04 bits per heavy atom. The summed E-state index contributed by atoms with van der Waals surface area (Å²) < 4.78 is 16.5. The first-order chi connectivity index (χ1) is 11.1. The van der Waals surface area contributed by atoms with Crippen LogP contribution in [0.5, 0.6) is 0 Å². The minimum Gasteiger partial charge on any atom is -0.379 e. The minimum absolute atomic E-state index is 0.00561. The van der Waals surface area contributed by atoms with Gasteiger partial charge in [0.15, 0.2) is 0 Å². The number of thiophene rings is 1. The second kappa shape index (κ2) is 9.34. The van der Waals surface area contributed by atoms with Gasteiger partial charge in [0.05, 0.1) is 36.8 Å². The second-order valence-corrected chi connectivity index (χ2v) is 7.02. The quantitative estimate of drug-likeness (QED) is 0.773. The molecule has 1 fully saturated rings. The predicted molar refractivity (Wildman–Crippen MR) is 90.0 cm³/mol. The summed E-state index contributed by atoms with van der Waals surface area (Å²) in [6, 6.07) is 3.65. The van der Waals surface area contributed by atoms with E-state index < -0.39 is 0 Å². The van der Waals surface area contributed by atoms with Gasteiger partial charge in [0, 0.05) is 25.1 Å². The van der Waals surface area contributed by atoms with Crippen LogP contribution in [-0.2, 0) is 20.8 Å². The highest BCUT2D eigenvalue weighted by atomic mass is 32.1. The number of methoxy groups -OCH3 is 1. The Hall–Kier alpha value is -0.990. The van der Waals surface area contributed by atoms with Crippen LogP contribution in [0, 0.1) is 0 Å². The van der Waals surface area contributed by atoms with Crippen molar-refractivity contribution in [3.8, 4) is 0 Å². The zero-order chi connectivity index (χ0) is 16.7. The van der Waals surface area contributed by atoms with E-state index in [2.05, 4.69) is 10.2 Å². The molecule has 0 radical (unpaired) electrons. The molecule has 1 aliphatic heterocycles. The Morgan fingerprint density at radius 2 is 2.30 bits per heavy atom. The van der Waals surface area contributed by atoms with E-state index in [4.69, 9.17) is 14.2 Å². The largest absolute Gasteiger partial charge is 0.379 e. The third kappa shape index (κ3) is 5.86. The molecule has 0 bridgehead atoms. The molecule has 6 nitrogen and oxygen atoms in total. The lowest BCUT2D eigenvalue weighted by Crippen LogP contribution is -2.50. The van der Waals surface area contributed by atoms with Crippen molar-refractivity contribution in [2.75, 3.05) is 47.6 Å². The average molecular weight is 342 g/mol.